The van der Waals surface area contributed by atoms with E-state index in [0.717, 1.165) is 17.1 Å². The van der Waals surface area contributed by atoms with Crippen molar-refractivity contribution in [1.29, 1.82) is 0 Å². The normalized spacial score (nSPS) is 10.7. The van der Waals surface area contributed by atoms with Gasteiger partial charge in [-0.1, -0.05) is 30.0 Å². The Bertz CT molecular complexity index is 835. The van der Waals surface area contributed by atoms with Gasteiger partial charge in [-0.15, -0.1) is 5.10 Å². The monoisotopic (exact) mass is 373 g/mol. The molecule has 0 aliphatic rings. The standard InChI is InChI=1S/C17H19N5O3S/c1-24-15-7-3-2-5-13(15)8-9-18-16(23)12-26-17-19-20-21-22(17)11-14-6-4-10-25-14/h2-7,10H,8-9,11-12H2,1H3,(H,18,23). The van der Waals surface area contributed by atoms with Crippen molar-refractivity contribution in [3.63, 3.8) is 0 Å². The maximum absolute atomic E-state index is 12.1. The number of thioether (sulfide) groups is 1. The maximum Gasteiger partial charge on any atom is 0.230 e. The smallest absolute Gasteiger partial charge is 0.230 e. The third kappa shape index (κ3) is 4.85. The molecule has 0 aliphatic carbocycles. The van der Waals surface area contributed by atoms with Gasteiger partial charge in [-0.3, -0.25) is 4.79 Å². The Labute approximate surface area is 154 Å². The minimum absolute atomic E-state index is 0.0718. The molecule has 8 nitrogen and oxygen atoms in total. The second kappa shape index (κ2) is 9.04. The molecule has 0 unspecified atom stereocenters. The second-order valence-corrected chi connectivity index (χ2v) is 6.34. The summed E-state index contributed by atoms with van der Waals surface area (Å²) in [4.78, 5) is 12.1. The number of nitrogens with zero attached hydrogens (tertiary/aromatic N) is 4. The third-order valence-electron chi connectivity index (χ3n) is 3.63. The number of para-hydroxylation sites is 1. The number of benzene rings is 1. The summed E-state index contributed by atoms with van der Waals surface area (Å²) in [5.41, 5.74) is 1.06. The zero-order chi connectivity index (χ0) is 18.2. The first-order valence-electron chi connectivity index (χ1n) is 8.06. The minimum Gasteiger partial charge on any atom is -0.496 e. The molecule has 0 saturated heterocycles. The van der Waals surface area contributed by atoms with E-state index in [1.165, 1.54) is 11.8 Å². The molecule has 2 heterocycles. The van der Waals surface area contributed by atoms with E-state index in [1.54, 1.807) is 18.1 Å². The number of tetrazole rings is 1. The molecule has 1 amide bonds. The largest absolute Gasteiger partial charge is 0.496 e. The van der Waals surface area contributed by atoms with Crippen molar-refractivity contribution in [3.05, 3.63) is 54.0 Å². The lowest BCUT2D eigenvalue weighted by molar-refractivity contribution is -0.118. The van der Waals surface area contributed by atoms with Crippen LogP contribution in [0.1, 0.15) is 11.3 Å². The van der Waals surface area contributed by atoms with Crippen LogP contribution in [-0.4, -0.2) is 45.5 Å². The van der Waals surface area contributed by atoms with Crippen molar-refractivity contribution in [2.45, 2.75) is 18.1 Å². The van der Waals surface area contributed by atoms with Gasteiger partial charge in [-0.25, -0.2) is 4.68 Å². The average Bonchev–Trinajstić information content (AvgIpc) is 3.33. The lowest BCUT2D eigenvalue weighted by Gasteiger charge is -2.09. The summed E-state index contributed by atoms with van der Waals surface area (Å²) in [7, 11) is 1.64. The van der Waals surface area contributed by atoms with Crippen LogP contribution in [-0.2, 0) is 17.8 Å². The molecule has 3 rings (SSSR count). The van der Waals surface area contributed by atoms with Gasteiger partial charge in [-0.05, 0) is 40.6 Å². The molecule has 1 N–H and O–H groups in total. The summed E-state index contributed by atoms with van der Waals surface area (Å²) in [6, 6.07) is 11.4. The predicted octanol–water partition coefficient (Wildman–Crippen LogP) is 1.77. The molecule has 136 valence electrons. The lowest BCUT2D eigenvalue weighted by Crippen LogP contribution is -2.27. The number of aromatic nitrogens is 4. The molecule has 1 aromatic carbocycles. The second-order valence-electron chi connectivity index (χ2n) is 5.40. The van der Waals surface area contributed by atoms with Gasteiger partial charge in [-0.2, -0.15) is 0 Å². The van der Waals surface area contributed by atoms with E-state index in [2.05, 4.69) is 20.8 Å². The highest BCUT2D eigenvalue weighted by molar-refractivity contribution is 7.99. The topological polar surface area (TPSA) is 95.1 Å². The summed E-state index contributed by atoms with van der Waals surface area (Å²) in [6.45, 7) is 0.967. The van der Waals surface area contributed by atoms with Gasteiger partial charge in [0.05, 0.1) is 19.1 Å². The van der Waals surface area contributed by atoms with Gasteiger partial charge in [0, 0.05) is 6.54 Å². The molecule has 26 heavy (non-hydrogen) atoms. The molecule has 0 spiro atoms. The van der Waals surface area contributed by atoms with Crippen molar-refractivity contribution < 1.29 is 13.9 Å². The molecule has 0 radical (unpaired) electrons. The number of ether oxygens (including phenoxy) is 1. The molecule has 3 aromatic rings. The van der Waals surface area contributed by atoms with Crippen LogP contribution in [0.2, 0.25) is 0 Å². The molecular weight excluding hydrogens is 354 g/mol. The quantitative estimate of drug-likeness (QED) is 0.571. The Balaban J connectivity index is 1.44. The van der Waals surface area contributed by atoms with Crippen molar-refractivity contribution in [3.8, 4) is 5.75 Å². The molecular formula is C17H19N5O3S. The molecule has 0 bridgehead atoms. The average molecular weight is 373 g/mol. The highest BCUT2D eigenvalue weighted by Crippen LogP contribution is 2.17. The summed E-state index contributed by atoms with van der Waals surface area (Å²) >= 11 is 1.29. The zero-order valence-corrected chi connectivity index (χ0v) is 15.1. The van der Waals surface area contributed by atoms with Gasteiger partial charge in [0.25, 0.3) is 0 Å². The van der Waals surface area contributed by atoms with Gasteiger partial charge in [0.15, 0.2) is 0 Å². The number of hydrogen-bond donors (Lipinski definition) is 1. The van der Waals surface area contributed by atoms with Crippen LogP contribution < -0.4 is 10.1 Å². The van der Waals surface area contributed by atoms with Gasteiger partial charge in [0.2, 0.25) is 11.1 Å². The van der Waals surface area contributed by atoms with Crippen molar-refractivity contribution in [2.75, 3.05) is 19.4 Å². The van der Waals surface area contributed by atoms with Gasteiger partial charge in [0.1, 0.15) is 18.1 Å². The number of methoxy groups -OCH3 is 1. The highest BCUT2D eigenvalue weighted by Gasteiger charge is 2.11. The van der Waals surface area contributed by atoms with E-state index < -0.39 is 0 Å². The van der Waals surface area contributed by atoms with Crippen LogP contribution in [0.15, 0.2) is 52.2 Å². The minimum atomic E-state index is -0.0718. The van der Waals surface area contributed by atoms with Crippen LogP contribution >= 0.6 is 11.8 Å². The Morgan fingerprint density at radius 2 is 2.19 bits per heavy atom. The number of rotatable bonds is 9. The molecule has 0 aliphatic heterocycles. The molecule has 9 heteroatoms. The number of carbonyl (C=O) groups excluding carboxylic acids is 1. The number of nitrogens with one attached hydrogen (secondary N) is 1. The lowest BCUT2D eigenvalue weighted by atomic mass is 10.1. The predicted molar refractivity (Wildman–Crippen MR) is 96.1 cm³/mol. The molecule has 0 saturated carbocycles. The van der Waals surface area contributed by atoms with Crippen LogP contribution in [0.25, 0.3) is 0 Å². The van der Waals surface area contributed by atoms with E-state index in [-0.39, 0.29) is 11.7 Å². The fourth-order valence-corrected chi connectivity index (χ4v) is 3.08. The SMILES string of the molecule is COc1ccccc1CCNC(=O)CSc1nnnn1Cc1ccco1. The van der Waals surface area contributed by atoms with E-state index in [4.69, 9.17) is 9.15 Å². The first-order chi connectivity index (χ1) is 12.8. The van der Waals surface area contributed by atoms with Crippen LogP contribution in [0.5, 0.6) is 5.75 Å². The molecule has 2 aromatic heterocycles. The maximum atomic E-state index is 12.1. The van der Waals surface area contributed by atoms with Crippen LogP contribution in [0, 0.1) is 0 Å². The highest BCUT2D eigenvalue weighted by atomic mass is 32.2. The van der Waals surface area contributed by atoms with Crippen LogP contribution in [0.3, 0.4) is 0 Å². The Hall–Kier alpha value is -2.81. The fourth-order valence-electron chi connectivity index (χ4n) is 2.38. The zero-order valence-electron chi connectivity index (χ0n) is 14.3. The third-order valence-corrected chi connectivity index (χ3v) is 4.58. The number of carbonyl (C=O) groups is 1. The number of amides is 1. The van der Waals surface area contributed by atoms with E-state index >= 15 is 0 Å². The first kappa shape index (κ1) is 18.0. The van der Waals surface area contributed by atoms with Crippen LogP contribution in [0.4, 0.5) is 0 Å². The van der Waals surface area contributed by atoms with Crippen molar-refractivity contribution in [2.24, 2.45) is 0 Å². The molecule has 0 atom stereocenters. The van der Waals surface area contributed by atoms with E-state index in [1.807, 2.05) is 36.4 Å². The Kier molecular flexibility index (Phi) is 6.26. The number of furan rings is 1. The summed E-state index contributed by atoms with van der Waals surface area (Å²) in [5, 5.41) is 15.0. The summed E-state index contributed by atoms with van der Waals surface area (Å²) in [6.07, 6.45) is 2.30. The number of hydrogen-bond acceptors (Lipinski definition) is 7. The Morgan fingerprint density at radius 1 is 1.31 bits per heavy atom. The fraction of sp³-hybridized carbons (Fsp3) is 0.294. The van der Waals surface area contributed by atoms with E-state index in [9.17, 15) is 4.79 Å². The van der Waals surface area contributed by atoms with Crippen molar-refractivity contribution >= 4 is 17.7 Å². The summed E-state index contributed by atoms with van der Waals surface area (Å²) < 4.78 is 12.2. The first-order valence-corrected chi connectivity index (χ1v) is 9.05. The van der Waals surface area contributed by atoms with E-state index in [0.29, 0.717) is 24.7 Å². The summed E-state index contributed by atoms with van der Waals surface area (Å²) in [5.74, 6) is 1.75. The van der Waals surface area contributed by atoms with Crippen molar-refractivity contribution in [1.82, 2.24) is 25.5 Å². The van der Waals surface area contributed by atoms with Gasteiger partial charge < -0.3 is 14.5 Å². The Morgan fingerprint density at radius 3 is 3.00 bits per heavy atom. The molecule has 0 fully saturated rings. The van der Waals surface area contributed by atoms with Gasteiger partial charge >= 0.3 is 0 Å².